The van der Waals surface area contributed by atoms with Crippen LogP contribution in [0.4, 0.5) is 0 Å². The maximum absolute atomic E-state index is 12.4. The number of nitrogens with two attached hydrogens (primary N) is 1. The highest BCUT2D eigenvalue weighted by Gasteiger charge is 2.41. The van der Waals surface area contributed by atoms with E-state index in [-0.39, 0.29) is 35.8 Å². The second-order valence-electron chi connectivity index (χ2n) is 8.27. The normalized spacial score (nSPS) is 30.6. The van der Waals surface area contributed by atoms with Crippen LogP contribution in [-0.2, 0) is 14.3 Å². The predicted octanol–water partition coefficient (Wildman–Crippen LogP) is 1.62. The first-order chi connectivity index (χ1) is 11.7. The van der Waals surface area contributed by atoms with Crippen molar-refractivity contribution in [2.75, 3.05) is 20.2 Å². The highest BCUT2D eigenvalue weighted by atomic mass is 16.5. The van der Waals surface area contributed by atoms with Crippen molar-refractivity contribution in [1.29, 1.82) is 0 Å². The minimum Gasteiger partial charge on any atom is -0.465 e. The average Bonchev–Trinajstić information content (AvgIpc) is 2.90. The molecule has 4 atom stereocenters. The predicted molar refractivity (Wildman–Crippen MR) is 97.9 cm³/mol. The zero-order valence-corrected chi connectivity index (χ0v) is 16.4. The van der Waals surface area contributed by atoms with Crippen LogP contribution in [0.1, 0.15) is 53.4 Å². The Morgan fingerprint density at radius 2 is 1.96 bits per heavy atom. The lowest BCUT2D eigenvalue weighted by Gasteiger charge is -2.44. The van der Waals surface area contributed by atoms with Gasteiger partial charge in [-0.25, -0.2) is 0 Å². The molecule has 1 amide bonds. The number of likely N-dealkylation sites (tertiary alicyclic amines) is 1. The van der Waals surface area contributed by atoms with Crippen molar-refractivity contribution in [2.24, 2.45) is 17.6 Å². The van der Waals surface area contributed by atoms with Crippen molar-refractivity contribution in [1.82, 2.24) is 9.80 Å². The highest BCUT2D eigenvalue weighted by molar-refractivity contribution is 5.84. The number of carbonyl (C=O) groups is 2. The van der Waals surface area contributed by atoms with Gasteiger partial charge in [-0.05, 0) is 46.6 Å². The minimum absolute atomic E-state index is 0.0563. The third kappa shape index (κ3) is 4.73. The Bertz CT molecular complexity index is 481. The van der Waals surface area contributed by atoms with Gasteiger partial charge in [-0.3, -0.25) is 9.59 Å². The third-order valence-corrected chi connectivity index (χ3v) is 5.90. The van der Waals surface area contributed by atoms with Crippen LogP contribution in [0, 0.1) is 11.8 Å². The monoisotopic (exact) mass is 353 g/mol. The second kappa shape index (κ2) is 8.49. The van der Waals surface area contributed by atoms with Gasteiger partial charge >= 0.3 is 5.97 Å². The van der Waals surface area contributed by atoms with Crippen molar-refractivity contribution >= 4 is 11.9 Å². The van der Waals surface area contributed by atoms with Crippen LogP contribution in [0.3, 0.4) is 0 Å². The summed E-state index contributed by atoms with van der Waals surface area (Å²) in [4.78, 5) is 28.7. The number of nitrogens with zero attached hydrogens (tertiary/aromatic N) is 2. The molecule has 25 heavy (non-hydrogen) atoms. The Hall–Kier alpha value is -1.14. The molecule has 0 bridgehead atoms. The van der Waals surface area contributed by atoms with Gasteiger partial charge in [-0.1, -0.05) is 13.8 Å². The summed E-state index contributed by atoms with van der Waals surface area (Å²) in [5, 5.41) is 0. The zero-order chi connectivity index (χ0) is 18.7. The van der Waals surface area contributed by atoms with Crippen LogP contribution in [0.2, 0.25) is 0 Å². The summed E-state index contributed by atoms with van der Waals surface area (Å²) >= 11 is 0. The highest BCUT2D eigenvalue weighted by Crippen LogP contribution is 2.34. The summed E-state index contributed by atoms with van der Waals surface area (Å²) < 4.78 is 5.56. The van der Waals surface area contributed by atoms with Crippen LogP contribution in [-0.4, -0.2) is 66.0 Å². The summed E-state index contributed by atoms with van der Waals surface area (Å²) in [6.07, 6.45) is 3.68. The lowest BCUT2D eigenvalue weighted by molar-refractivity contribution is -0.150. The fourth-order valence-corrected chi connectivity index (χ4v) is 4.01. The summed E-state index contributed by atoms with van der Waals surface area (Å²) in [7, 11) is 2.16. The van der Waals surface area contributed by atoms with E-state index in [0.717, 1.165) is 32.2 Å². The van der Waals surface area contributed by atoms with E-state index in [1.807, 2.05) is 18.7 Å². The van der Waals surface area contributed by atoms with E-state index in [9.17, 15) is 9.59 Å². The number of amides is 1. The van der Waals surface area contributed by atoms with Crippen molar-refractivity contribution in [3.8, 4) is 0 Å². The van der Waals surface area contributed by atoms with E-state index in [1.54, 1.807) is 0 Å². The van der Waals surface area contributed by atoms with Gasteiger partial charge in [0.25, 0.3) is 0 Å². The topological polar surface area (TPSA) is 75.9 Å². The smallest absolute Gasteiger partial charge is 0.308 e. The molecule has 0 aromatic carbocycles. The van der Waals surface area contributed by atoms with Crippen molar-refractivity contribution in [3.05, 3.63) is 0 Å². The molecule has 1 saturated carbocycles. The number of esters is 1. The Kier molecular flexibility index (Phi) is 6.86. The van der Waals surface area contributed by atoms with Crippen LogP contribution in [0.5, 0.6) is 0 Å². The van der Waals surface area contributed by atoms with Crippen molar-refractivity contribution in [2.45, 2.75) is 77.5 Å². The standard InChI is InChI=1S/C19H35N3O3/c1-12(2)19(24)25-11-14-10-15(21(5)13(3)4)6-7-17(14)22-9-8-16(20)18(22)23/h12-17H,6-11,20H2,1-5H3/t14-,15+,16-,17-/m0/s1. The second-order valence-corrected chi connectivity index (χ2v) is 8.27. The Labute approximate surface area is 152 Å². The van der Waals surface area contributed by atoms with E-state index in [0.29, 0.717) is 18.7 Å². The van der Waals surface area contributed by atoms with Gasteiger partial charge in [0, 0.05) is 30.6 Å². The molecule has 2 fully saturated rings. The molecule has 0 spiro atoms. The number of carbonyl (C=O) groups excluding carboxylic acids is 2. The van der Waals surface area contributed by atoms with Gasteiger partial charge < -0.3 is 20.3 Å². The molecule has 0 radical (unpaired) electrons. The molecule has 6 nitrogen and oxygen atoms in total. The number of hydrogen-bond acceptors (Lipinski definition) is 5. The molecule has 1 aliphatic carbocycles. The van der Waals surface area contributed by atoms with Gasteiger partial charge in [-0.15, -0.1) is 0 Å². The first kappa shape index (κ1) is 20.2. The first-order valence-corrected chi connectivity index (χ1v) is 9.67. The van der Waals surface area contributed by atoms with E-state index < -0.39 is 0 Å². The summed E-state index contributed by atoms with van der Waals surface area (Å²) in [6.45, 7) is 9.21. The molecule has 2 N–H and O–H groups in total. The number of ether oxygens (including phenoxy) is 1. The van der Waals surface area contributed by atoms with Gasteiger partial charge in [0.05, 0.1) is 18.6 Å². The van der Waals surface area contributed by atoms with Crippen LogP contribution >= 0.6 is 0 Å². The molecule has 2 rings (SSSR count). The molecule has 2 aliphatic rings. The molecule has 1 heterocycles. The summed E-state index contributed by atoms with van der Waals surface area (Å²) in [5.41, 5.74) is 5.91. The Morgan fingerprint density at radius 3 is 2.48 bits per heavy atom. The molecule has 0 aromatic heterocycles. The van der Waals surface area contributed by atoms with Crippen molar-refractivity contribution < 1.29 is 14.3 Å². The average molecular weight is 354 g/mol. The van der Waals surface area contributed by atoms with E-state index in [4.69, 9.17) is 10.5 Å². The van der Waals surface area contributed by atoms with Crippen LogP contribution < -0.4 is 5.73 Å². The van der Waals surface area contributed by atoms with E-state index in [2.05, 4.69) is 25.8 Å². The van der Waals surface area contributed by atoms with Gasteiger partial charge in [0.1, 0.15) is 0 Å². The van der Waals surface area contributed by atoms with Crippen molar-refractivity contribution in [3.63, 3.8) is 0 Å². The van der Waals surface area contributed by atoms with E-state index >= 15 is 0 Å². The molecule has 0 unspecified atom stereocenters. The molecule has 144 valence electrons. The third-order valence-electron chi connectivity index (χ3n) is 5.90. The van der Waals surface area contributed by atoms with Gasteiger partial charge in [0.15, 0.2) is 0 Å². The number of hydrogen-bond donors (Lipinski definition) is 1. The van der Waals surface area contributed by atoms with Crippen LogP contribution in [0.25, 0.3) is 0 Å². The lowest BCUT2D eigenvalue weighted by Crippen LogP contribution is -2.52. The zero-order valence-electron chi connectivity index (χ0n) is 16.4. The molecular weight excluding hydrogens is 318 g/mol. The quantitative estimate of drug-likeness (QED) is 0.735. The molecular formula is C19H35N3O3. The lowest BCUT2D eigenvalue weighted by atomic mass is 9.80. The number of rotatable bonds is 6. The molecule has 6 heteroatoms. The minimum atomic E-state index is -0.366. The fraction of sp³-hybridized carbons (Fsp3) is 0.895. The molecule has 0 aromatic rings. The first-order valence-electron chi connectivity index (χ1n) is 9.67. The Balaban J connectivity index is 2.08. The maximum Gasteiger partial charge on any atom is 0.308 e. The largest absolute Gasteiger partial charge is 0.465 e. The SMILES string of the molecule is CC(C)C(=O)OC[C@@H]1C[C@H](N(C)C(C)C)CC[C@@H]1N1CC[C@H](N)C1=O. The summed E-state index contributed by atoms with van der Waals surface area (Å²) in [5.74, 6) is -0.0571. The maximum atomic E-state index is 12.4. The van der Waals surface area contributed by atoms with Gasteiger partial charge in [0.2, 0.25) is 5.91 Å². The van der Waals surface area contributed by atoms with Crippen LogP contribution in [0.15, 0.2) is 0 Å². The summed E-state index contributed by atoms with van der Waals surface area (Å²) in [6, 6.07) is 0.709. The molecule has 1 saturated heterocycles. The van der Waals surface area contributed by atoms with Gasteiger partial charge in [-0.2, -0.15) is 0 Å². The molecule has 1 aliphatic heterocycles. The van der Waals surface area contributed by atoms with E-state index in [1.165, 1.54) is 0 Å². The Morgan fingerprint density at radius 1 is 1.28 bits per heavy atom. The fourth-order valence-electron chi connectivity index (χ4n) is 4.01.